The number of fused-ring (bicyclic) bond motifs is 5. The van der Waals surface area contributed by atoms with Crippen molar-refractivity contribution < 1.29 is 14.6 Å². The Balaban J connectivity index is 1.13. The Morgan fingerprint density at radius 1 is 0.896 bits per heavy atom. The molecule has 0 aromatic carbocycles. The van der Waals surface area contributed by atoms with Crippen molar-refractivity contribution in [2.75, 3.05) is 0 Å². The zero-order chi connectivity index (χ0) is 34.6. The van der Waals surface area contributed by atoms with Crippen LogP contribution in [0.15, 0.2) is 36.0 Å². The monoisotopic (exact) mass is 665 g/mol. The van der Waals surface area contributed by atoms with E-state index < -0.39 is 0 Å². The number of ether oxygens (including phenoxy) is 1. The Hall–Kier alpha value is -1.35. The van der Waals surface area contributed by atoms with Gasteiger partial charge in [0.1, 0.15) is 6.10 Å². The van der Waals surface area contributed by atoms with Crippen LogP contribution in [0.1, 0.15) is 183 Å². The van der Waals surface area contributed by atoms with Crippen LogP contribution in [-0.4, -0.2) is 23.3 Å². The topological polar surface area (TPSA) is 46.5 Å². The number of hydrogen-bond acceptors (Lipinski definition) is 3. The zero-order valence-corrected chi connectivity index (χ0v) is 32.3. The summed E-state index contributed by atoms with van der Waals surface area (Å²) in [6, 6.07) is 0. The minimum Gasteiger partial charge on any atom is -0.462 e. The molecule has 0 bridgehead atoms. The molecule has 4 aliphatic carbocycles. The molecule has 0 unspecified atom stereocenters. The summed E-state index contributed by atoms with van der Waals surface area (Å²) in [6.45, 7) is 14.8. The first-order chi connectivity index (χ1) is 23.1. The molecule has 4 rings (SSSR count). The predicted octanol–water partition coefficient (Wildman–Crippen LogP) is 12.7. The van der Waals surface area contributed by atoms with E-state index in [0.29, 0.717) is 17.3 Å². The van der Waals surface area contributed by atoms with E-state index in [1.165, 1.54) is 89.9 Å². The lowest BCUT2D eigenvalue weighted by atomic mass is 9.47. The van der Waals surface area contributed by atoms with Gasteiger partial charge < -0.3 is 9.84 Å². The highest BCUT2D eigenvalue weighted by Crippen LogP contribution is 2.67. The van der Waals surface area contributed by atoms with Gasteiger partial charge in [0.2, 0.25) is 0 Å². The van der Waals surface area contributed by atoms with Gasteiger partial charge in [0, 0.05) is 12.8 Å². The molecule has 0 spiro atoms. The van der Waals surface area contributed by atoms with E-state index in [-0.39, 0.29) is 18.2 Å². The standard InChI is InChI=1S/C45H76O3/c1-7-8-16-22-37(46)23-17-14-12-10-9-11-13-15-18-24-43(47)48-38-29-31-44(5)36(33-38)25-26-39-41-28-27-40(35(4)21-19-20-34(2)3)45(41,6)32-30-42(39)44/h12,14,17,23,25,34-35,37-42,46H,7-11,13,15-16,18-22,24,26-33H2,1-6H3/t35-,37-,38+,39+,40-,41+,42+,44+,45-/m1/s1. The Morgan fingerprint density at radius 3 is 2.48 bits per heavy atom. The zero-order valence-electron chi connectivity index (χ0n) is 32.3. The molecule has 9 atom stereocenters. The lowest BCUT2D eigenvalue weighted by molar-refractivity contribution is -0.151. The van der Waals surface area contributed by atoms with Crippen LogP contribution in [0, 0.1) is 46.3 Å². The summed E-state index contributed by atoms with van der Waals surface area (Å²) >= 11 is 0. The lowest BCUT2D eigenvalue weighted by Crippen LogP contribution is -2.51. The summed E-state index contributed by atoms with van der Waals surface area (Å²) in [7, 11) is 0. The number of aliphatic hydroxyl groups is 1. The molecule has 3 heteroatoms. The number of carbonyl (C=O) groups is 1. The minimum atomic E-state index is -0.310. The quantitative estimate of drug-likeness (QED) is 0.0610. The van der Waals surface area contributed by atoms with Gasteiger partial charge >= 0.3 is 5.97 Å². The van der Waals surface area contributed by atoms with E-state index >= 15 is 0 Å². The fourth-order valence-corrected chi connectivity index (χ4v) is 11.1. The van der Waals surface area contributed by atoms with Crippen molar-refractivity contribution in [1.29, 1.82) is 0 Å². The van der Waals surface area contributed by atoms with Crippen LogP contribution in [0.3, 0.4) is 0 Å². The first-order valence-corrected chi connectivity index (χ1v) is 21.0. The molecule has 0 amide bonds. The summed E-state index contributed by atoms with van der Waals surface area (Å²) in [6.07, 6.45) is 36.6. The number of esters is 1. The Labute approximate surface area is 297 Å². The number of carbonyl (C=O) groups excluding carboxylic acids is 1. The van der Waals surface area contributed by atoms with Crippen LogP contribution in [0.4, 0.5) is 0 Å². The fraction of sp³-hybridized carbons (Fsp3) is 0.844. The lowest BCUT2D eigenvalue weighted by Gasteiger charge is -2.58. The Morgan fingerprint density at radius 2 is 1.69 bits per heavy atom. The third kappa shape index (κ3) is 10.6. The highest BCUT2D eigenvalue weighted by atomic mass is 16.5. The van der Waals surface area contributed by atoms with Crippen LogP contribution >= 0.6 is 0 Å². The second-order valence-corrected chi connectivity index (χ2v) is 17.8. The largest absolute Gasteiger partial charge is 0.462 e. The van der Waals surface area contributed by atoms with Gasteiger partial charge in [-0.2, -0.15) is 0 Å². The normalized spacial score (nSPS) is 33.0. The van der Waals surface area contributed by atoms with E-state index in [1.807, 2.05) is 12.2 Å². The van der Waals surface area contributed by atoms with Crippen LogP contribution in [0.25, 0.3) is 0 Å². The maximum Gasteiger partial charge on any atom is 0.306 e. The average Bonchev–Trinajstić information content (AvgIpc) is 3.41. The second-order valence-electron chi connectivity index (χ2n) is 17.8. The molecule has 3 fully saturated rings. The van der Waals surface area contributed by atoms with E-state index in [2.05, 4.69) is 59.8 Å². The Kier molecular flexibility index (Phi) is 15.9. The van der Waals surface area contributed by atoms with Gasteiger partial charge in [-0.1, -0.05) is 135 Å². The molecule has 0 saturated heterocycles. The van der Waals surface area contributed by atoms with Crippen molar-refractivity contribution in [3.63, 3.8) is 0 Å². The first kappa shape index (κ1) is 39.4. The number of unbranched alkanes of at least 4 members (excludes halogenated alkanes) is 7. The molecule has 48 heavy (non-hydrogen) atoms. The van der Waals surface area contributed by atoms with Crippen molar-refractivity contribution in [2.45, 2.75) is 195 Å². The predicted molar refractivity (Wildman–Crippen MR) is 204 cm³/mol. The van der Waals surface area contributed by atoms with Gasteiger partial charge in [0.25, 0.3) is 0 Å². The van der Waals surface area contributed by atoms with Gasteiger partial charge in [-0.05, 0) is 117 Å². The summed E-state index contributed by atoms with van der Waals surface area (Å²) in [5.41, 5.74) is 2.48. The molecular formula is C45H76O3. The Bertz CT molecular complexity index is 1050. The average molecular weight is 665 g/mol. The first-order valence-electron chi connectivity index (χ1n) is 21.0. The molecule has 0 aromatic rings. The number of allylic oxidation sites excluding steroid dienone is 4. The van der Waals surface area contributed by atoms with Gasteiger partial charge in [-0.3, -0.25) is 4.79 Å². The van der Waals surface area contributed by atoms with Crippen molar-refractivity contribution in [2.24, 2.45) is 46.3 Å². The van der Waals surface area contributed by atoms with E-state index in [9.17, 15) is 9.90 Å². The maximum absolute atomic E-state index is 12.8. The number of rotatable bonds is 20. The summed E-state index contributed by atoms with van der Waals surface area (Å²) in [5.74, 6) is 5.22. The molecule has 0 aliphatic heterocycles. The molecule has 0 heterocycles. The van der Waals surface area contributed by atoms with Crippen molar-refractivity contribution in [3.8, 4) is 0 Å². The molecule has 0 aromatic heterocycles. The van der Waals surface area contributed by atoms with Crippen LogP contribution < -0.4 is 0 Å². The third-order valence-corrected chi connectivity index (χ3v) is 14.0. The molecule has 4 aliphatic rings. The molecule has 3 nitrogen and oxygen atoms in total. The van der Waals surface area contributed by atoms with Crippen LogP contribution in [-0.2, 0) is 9.53 Å². The highest BCUT2D eigenvalue weighted by molar-refractivity contribution is 5.69. The van der Waals surface area contributed by atoms with Crippen molar-refractivity contribution in [3.05, 3.63) is 36.0 Å². The van der Waals surface area contributed by atoms with Crippen LogP contribution in [0.2, 0.25) is 0 Å². The second kappa shape index (κ2) is 19.3. The van der Waals surface area contributed by atoms with Crippen molar-refractivity contribution >= 4 is 5.97 Å². The summed E-state index contributed by atoms with van der Waals surface area (Å²) in [5, 5.41) is 9.95. The summed E-state index contributed by atoms with van der Waals surface area (Å²) < 4.78 is 6.11. The van der Waals surface area contributed by atoms with Crippen molar-refractivity contribution in [1.82, 2.24) is 0 Å². The number of hydrogen-bond donors (Lipinski definition) is 1. The molecule has 0 radical (unpaired) electrons. The van der Waals surface area contributed by atoms with Gasteiger partial charge in [0.15, 0.2) is 0 Å². The molecule has 274 valence electrons. The van der Waals surface area contributed by atoms with Gasteiger partial charge in [-0.15, -0.1) is 0 Å². The SMILES string of the molecule is CCCCC[C@@H](O)C=CC=CCCCCCCCC(=O)O[C@H]1CC[C@@]2(C)C(=CC[C@H]3[C@@H]4CC[C@H]([C@H](C)CCCC(C)C)[C@@]4(C)CC[C@@H]32)C1. The third-order valence-electron chi connectivity index (χ3n) is 14.0. The fourth-order valence-electron chi connectivity index (χ4n) is 11.1. The molecule has 1 N–H and O–H groups in total. The van der Waals surface area contributed by atoms with Crippen LogP contribution in [0.5, 0.6) is 0 Å². The number of aliphatic hydroxyl groups excluding tert-OH is 1. The molecular weight excluding hydrogens is 588 g/mol. The maximum atomic E-state index is 12.8. The van der Waals surface area contributed by atoms with E-state index in [0.717, 1.165) is 80.5 Å². The van der Waals surface area contributed by atoms with Gasteiger partial charge in [-0.25, -0.2) is 0 Å². The summed E-state index contributed by atoms with van der Waals surface area (Å²) in [4.78, 5) is 12.8. The smallest absolute Gasteiger partial charge is 0.306 e. The highest BCUT2D eigenvalue weighted by Gasteiger charge is 2.59. The van der Waals surface area contributed by atoms with Gasteiger partial charge in [0.05, 0.1) is 6.10 Å². The minimum absolute atomic E-state index is 0.0254. The van der Waals surface area contributed by atoms with E-state index in [4.69, 9.17) is 4.74 Å². The molecule has 3 saturated carbocycles. The van der Waals surface area contributed by atoms with E-state index in [1.54, 1.807) is 5.57 Å².